The third-order valence-electron chi connectivity index (χ3n) is 8.82. The van der Waals surface area contributed by atoms with E-state index in [4.69, 9.17) is 7.48 Å². The van der Waals surface area contributed by atoms with Crippen molar-refractivity contribution in [2.75, 3.05) is 27.2 Å². The zero-order valence-electron chi connectivity index (χ0n) is 30.7. The maximum Gasteiger partial charge on any atom is 0.407 e. The van der Waals surface area contributed by atoms with E-state index in [0.29, 0.717) is 25.8 Å². The Kier molecular flexibility index (Phi) is 12.6. The van der Waals surface area contributed by atoms with Crippen LogP contribution in [0.2, 0.25) is 0 Å². The fourth-order valence-corrected chi connectivity index (χ4v) is 6.32. The number of ether oxygens (including phenoxy) is 2. The number of thiazole rings is 1. The minimum Gasteiger partial charge on any atom is -0.439 e. The summed E-state index contributed by atoms with van der Waals surface area (Å²) >= 11 is 0.778. The number of carbonyl (C=O) groups is 4. The summed E-state index contributed by atoms with van der Waals surface area (Å²) in [6, 6.07) is -1.68. The van der Waals surface area contributed by atoms with Crippen molar-refractivity contribution in [1.82, 2.24) is 25.4 Å². The highest BCUT2D eigenvalue weighted by atomic mass is 32.1. The molecule has 1 aliphatic rings. The quantitative estimate of drug-likeness (QED) is 0.0828. The van der Waals surface area contributed by atoms with Crippen LogP contribution >= 0.6 is 11.3 Å². The number of nitrogens with zero attached hydrogens (tertiary/aromatic N) is 3. The summed E-state index contributed by atoms with van der Waals surface area (Å²) in [5.41, 5.74) is -1.83. The Morgan fingerprint density at radius 2 is 1.72 bits per heavy atom. The van der Waals surface area contributed by atoms with E-state index >= 15 is 0 Å². The van der Waals surface area contributed by atoms with Gasteiger partial charge in [0.15, 0.2) is 11.8 Å². The van der Waals surface area contributed by atoms with E-state index < -0.39 is 88.1 Å². The Morgan fingerprint density at radius 3 is 2.28 bits per heavy atom. The Balaban J connectivity index is 1.92. The summed E-state index contributed by atoms with van der Waals surface area (Å²) in [7, 11) is 1.35. The normalized spacial score (nSPS) is 19.2. The Hall–Kier alpha value is -3.86. The van der Waals surface area contributed by atoms with E-state index in [-0.39, 0.29) is 43.7 Å². The number of hydrogen-bond acceptors (Lipinski definition) is 9. The first-order valence-electron chi connectivity index (χ1n) is 17.4. The third-order valence-corrected chi connectivity index (χ3v) is 9.76. The molecule has 1 aromatic heterocycles. The molecule has 3 rings (SSSR count). The number of rotatable bonds is 14. The molecule has 0 spiro atoms. The van der Waals surface area contributed by atoms with Crippen molar-refractivity contribution in [1.29, 1.82) is 0 Å². The number of halogens is 5. The molecule has 278 valence electrons. The van der Waals surface area contributed by atoms with Gasteiger partial charge in [-0.05, 0) is 52.1 Å². The molecule has 1 aliphatic heterocycles. The largest absolute Gasteiger partial charge is 0.439 e. The Bertz CT molecular complexity index is 1590. The van der Waals surface area contributed by atoms with Crippen LogP contribution in [0.5, 0.6) is 5.75 Å². The predicted octanol–water partition coefficient (Wildman–Crippen LogP) is 5.73. The molecule has 3 amide bonds. The average Bonchev–Trinajstić information content (AvgIpc) is 3.80. The number of nitrogens with one attached hydrogen (secondary N) is 2. The van der Waals surface area contributed by atoms with E-state index in [1.165, 1.54) is 11.9 Å². The van der Waals surface area contributed by atoms with Crippen LogP contribution in [0.25, 0.3) is 0 Å². The summed E-state index contributed by atoms with van der Waals surface area (Å²) in [6.45, 7) is 9.29. The number of likely N-dealkylation sites (N-methyl/N-ethyl adjacent to an activating group) is 2. The van der Waals surface area contributed by atoms with Crippen LogP contribution in [0.3, 0.4) is 0 Å². The van der Waals surface area contributed by atoms with Gasteiger partial charge >= 0.3 is 12.1 Å². The highest BCUT2D eigenvalue weighted by Gasteiger charge is 2.44. The van der Waals surface area contributed by atoms with E-state index in [2.05, 4.69) is 20.4 Å². The second-order valence-corrected chi connectivity index (χ2v) is 13.4. The number of likely N-dealkylation sites (tertiary alicyclic amines) is 1. The molecule has 5 atom stereocenters. The van der Waals surface area contributed by atoms with Gasteiger partial charge in [0.25, 0.3) is 0 Å². The van der Waals surface area contributed by atoms with Gasteiger partial charge in [0.2, 0.25) is 46.6 Å². The molecule has 0 bridgehead atoms. The van der Waals surface area contributed by atoms with Gasteiger partial charge in [-0.1, -0.05) is 34.1 Å². The van der Waals surface area contributed by atoms with E-state index in [1.54, 1.807) is 18.7 Å². The smallest absolute Gasteiger partial charge is 0.407 e. The third kappa shape index (κ3) is 8.71. The average molecular weight is 736 g/mol. The Morgan fingerprint density at radius 1 is 1.08 bits per heavy atom. The lowest BCUT2D eigenvalue weighted by atomic mass is 9.91. The zero-order chi connectivity index (χ0) is 39.1. The SMILES string of the molecule is [2H]CN1CCC[C@@]1(C[2H])C(=O)N[C@H](C(=O)N(C)[C@H](C[C@@H](OC(=O)NCC)c1nc(C(=O)Oc2c(F)c(F)c(F)c(F)c2F)cs1)C(C)C)[C@@H](C)CC. The predicted molar refractivity (Wildman–Crippen MR) is 174 cm³/mol. The van der Waals surface area contributed by atoms with E-state index in [9.17, 15) is 41.1 Å². The molecule has 2 N–H and O–H groups in total. The lowest BCUT2D eigenvalue weighted by Crippen LogP contribution is -2.60. The van der Waals surface area contributed by atoms with Gasteiger partial charge in [0.1, 0.15) is 11.0 Å². The Labute approximate surface area is 294 Å². The summed E-state index contributed by atoms with van der Waals surface area (Å²) in [5.74, 6) is -16.7. The van der Waals surface area contributed by atoms with Crippen molar-refractivity contribution in [3.63, 3.8) is 0 Å². The number of benzene rings is 1. The second kappa shape index (κ2) is 16.9. The molecule has 1 saturated heterocycles. The topological polar surface area (TPSA) is 130 Å². The molecule has 2 aromatic rings. The molecule has 0 saturated carbocycles. The van der Waals surface area contributed by atoms with Gasteiger partial charge in [-0.25, -0.2) is 27.7 Å². The molecule has 1 aromatic carbocycles. The fraction of sp³-hybridized carbons (Fsp3) is 0.606. The number of alkyl carbamates (subject to hydrolysis) is 1. The first-order chi connectivity index (χ1) is 24.5. The lowest BCUT2D eigenvalue weighted by Gasteiger charge is -2.38. The van der Waals surface area contributed by atoms with Crippen molar-refractivity contribution in [3.8, 4) is 5.75 Å². The maximum atomic E-state index is 14.2. The first-order valence-corrected chi connectivity index (χ1v) is 16.9. The van der Waals surface area contributed by atoms with Crippen LogP contribution in [0.15, 0.2) is 5.38 Å². The van der Waals surface area contributed by atoms with Crippen molar-refractivity contribution in [2.45, 2.75) is 90.9 Å². The summed E-state index contributed by atoms with van der Waals surface area (Å²) in [6.07, 6.45) is -0.660. The van der Waals surface area contributed by atoms with Gasteiger partial charge in [0.05, 0.1) is 5.54 Å². The molecular weight excluding hydrogens is 689 g/mol. The zero-order valence-corrected chi connectivity index (χ0v) is 29.5. The minimum atomic E-state index is -2.43. The van der Waals surface area contributed by atoms with Gasteiger partial charge in [-0.15, -0.1) is 11.3 Å². The molecule has 11 nitrogen and oxygen atoms in total. The van der Waals surface area contributed by atoms with E-state index in [0.717, 1.165) is 16.7 Å². The summed E-state index contributed by atoms with van der Waals surface area (Å²) < 4.78 is 95.4. The number of hydrogen-bond donors (Lipinski definition) is 2. The molecule has 0 unspecified atom stereocenters. The van der Waals surface area contributed by atoms with Crippen LogP contribution in [-0.2, 0) is 14.3 Å². The fourth-order valence-electron chi connectivity index (χ4n) is 5.49. The molecule has 0 radical (unpaired) electrons. The van der Waals surface area contributed by atoms with Gasteiger partial charge in [0, 0.05) is 34.2 Å². The van der Waals surface area contributed by atoms with Crippen molar-refractivity contribution in [3.05, 3.63) is 45.2 Å². The standard InChI is InChI=1S/C33H44F5N5O6S/c1-9-17(5)26(41-31(46)33(6)12-11-13-42(33)7)29(44)43(8)19(16(3)4)14-20(48-32(47)39-10-2)28-40-18(15-50-28)30(45)49-27-24(37)22(35)21(34)23(36)25(27)38/h15-17,19-20,26H,9-14H2,1-8H3,(H,39,47)(H,41,46)/t17-,19+,20+,26-,33-/m0/s1/i6D,7D. The van der Waals surface area contributed by atoms with Crippen LogP contribution < -0.4 is 15.4 Å². The molecule has 17 heteroatoms. The molecule has 0 aliphatic carbocycles. The molecule has 50 heavy (non-hydrogen) atoms. The van der Waals surface area contributed by atoms with E-state index in [1.807, 2.05) is 20.8 Å². The highest BCUT2D eigenvalue weighted by molar-refractivity contribution is 7.09. The van der Waals surface area contributed by atoms with Crippen molar-refractivity contribution in [2.24, 2.45) is 11.8 Å². The molecule has 1 fully saturated rings. The first kappa shape index (κ1) is 37.4. The van der Waals surface area contributed by atoms with Crippen LogP contribution in [0.1, 0.15) is 91.5 Å². The summed E-state index contributed by atoms with van der Waals surface area (Å²) in [5, 5.41) is 6.42. The molecular formula is C33H44F5N5O6S. The van der Waals surface area contributed by atoms with Crippen LogP contribution in [0, 0.1) is 40.9 Å². The number of amides is 3. The second-order valence-electron chi connectivity index (χ2n) is 12.5. The van der Waals surface area contributed by atoms with Gasteiger partial charge < -0.3 is 25.0 Å². The van der Waals surface area contributed by atoms with Gasteiger partial charge in [-0.3, -0.25) is 14.5 Å². The highest BCUT2D eigenvalue weighted by Crippen LogP contribution is 2.33. The monoisotopic (exact) mass is 735 g/mol. The van der Waals surface area contributed by atoms with Crippen molar-refractivity contribution >= 4 is 35.2 Å². The van der Waals surface area contributed by atoms with Crippen LogP contribution in [0.4, 0.5) is 26.7 Å². The van der Waals surface area contributed by atoms with Crippen molar-refractivity contribution < 1.29 is 53.3 Å². The number of carbonyl (C=O) groups excluding carboxylic acids is 4. The lowest BCUT2D eigenvalue weighted by molar-refractivity contribution is -0.142. The maximum absolute atomic E-state index is 14.2. The number of esters is 1. The molecule has 2 heterocycles. The van der Waals surface area contributed by atoms with Crippen LogP contribution in [-0.4, -0.2) is 83.4 Å². The van der Waals surface area contributed by atoms with Gasteiger partial charge in [-0.2, -0.15) is 8.78 Å². The number of aromatic nitrogens is 1. The summed E-state index contributed by atoms with van der Waals surface area (Å²) in [4.78, 5) is 60.4. The minimum absolute atomic E-state index is 0.0111.